The van der Waals surface area contributed by atoms with Gasteiger partial charge in [-0.2, -0.15) is 18.3 Å². The number of alkyl halides is 3. The van der Waals surface area contributed by atoms with Crippen LogP contribution in [0, 0.1) is 11.3 Å². The molecule has 2 aliphatic carbocycles. The number of hydrogen-bond acceptors (Lipinski definition) is 5. The van der Waals surface area contributed by atoms with E-state index in [1.165, 1.54) is 6.92 Å². The Morgan fingerprint density at radius 3 is 2.54 bits per heavy atom. The molecule has 1 unspecified atom stereocenters. The number of hydrogen-bond donors (Lipinski definition) is 0. The van der Waals surface area contributed by atoms with Gasteiger partial charge in [0.05, 0.1) is 17.9 Å². The van der Waals surface area contributed by atoms with E-state index >= 15 is 0 Å². The van der Waals surface area contributed by atoms with Crippen LogP contribution >= 0.6 is 0 Å². The Morgan fingerprint density at radius 1 is 1.26 bits per heavy atom. The van der Waals surface area contributed by atoms with Gasteiger partial charge in [0.1, 0.15) is 11.3 Å². The van der Waals surface area contributed by atoms with Crippen LogP contribution in [-0.4, -0.2) is 46.3 Å². The summed E-state index contributed by atoms with van der Waals surface area (Å²) in [4.78, 5) is 26.8. The maximum Gasteiger partial charge on any atom is 0.421 e. The first-order valence-corrected chi connectivity index (χ1v) is 12.3. The molecule has 35 heavy (non-hydrogen) atoms. The Labute approximate surface area is 201 Å². The molecule has 2 aromatic heterocycles. The van der Waals surface area contributed by atoms with E-state index < -0.39 is 23.5 Å². The quantitative estimate of drug-likeness (QED) is 0.546. The van der Waals surface area contributed by atoms with Gasteiger partial charge >= 0.3 is 12.1 Å². The van der Waals surface area contributed by atoms with E-state index in [4.69, 9.17) is 9.15 Å². The summed E-state index contributed by atoms with van der Waals surface area (Å²) in [5.74, 6) is -1.39. The van der Waals surface area contributed by atoms with Crippen LogP contribution in [0.1, 0.15) is 79.8 Å². The number of furan rings is 1. The number of likely N-dealkylation sites (tertiary alicyclic amines) is 1. The number of carbonyl (C=O) groups is 2. The second-order valence-corrected chi connectivity index (χ2v) is 10.4. The molecule has 0 radical (unpaired) electrons. The maximum absolute atomic E-state index is 14.1. The lowest BCUT2D eigenvalue weighted by Gasteiger charge is -2.33. The van der Waals surface area contributed by atoms with Crippen molar-refractivity contribution in [1.29, 1.82) is 0 Å². The Kier molecular flexibility index (Phi) is 5.75. The molecule has 1 aliphatic heterocycles. The van der Waals surface area contributed by atoms with Crippen molar-refractivity contribution in [3.8, 4) is 11.3 Å². The van der Waals surface area contributed by atoms with E-state index in [-0.39, 0.29) is 53.2 Å². The van der Waals surface area contributed by atoms with Crippen LogP contribution in [0.15, 0.2) is 10.6 Å². The molecular weight excluding hydrogens is 463 g/mol. The van der Waals surface area contributed by atoms with E-state index in [9.17, 15) is 22.8 Å². The minimum atomic E-state index is -4.79. The molecular formula is C25H30F3N3O4. The number of carbonyl (C=O) groups excluding carboxylic acids is 2. The van der Waals surface area contributed by atoms with Crippen LogP contribution in [-0.2, 0) is 28.7 Å². The molecule has 7 nitrogen and oxygen atoms in total. The number of esters is 1. The van der Waals surface area contributed by atoms with Gasteiger partial charge in [0, 0.05) is 43.2 Å². The molecule has 0 aromatic carbocycles. The van der Waals surface area contributed by atoms with E-state index in [0.29, 0.717) is 25.2 Å². The van der Waals surface area contributed by atoms with Gasteiger partial charge in [-0.05, 0) is 44.4 Å². The fraction of sp³-hybridized carbons (Fsp3) is 0.640. The molecule has 1 saturated carbocycles. The van der Waals surface area contributed by atoms with Gasteiger partial charge in [-0.3, -0.25) is 9.48 Å². The molecule has 3 heterocycles. The molecule has 0 N–H and O–H groups in total. The van der Waals surface area contributed by atoms with Gasteiger partial charge < -0.3 is 14.1 Å². The SMILES string of the molecule is CCOC(=O)c1oc2c(c1C(F)(F)F)-c1nn(CC3CCN(C(=O)C4(C)CC4)CC3)cc1C(C)C2. The minimum absolute atomic E-state index is 0.0541. The largest absolute Gasteiger partial charge is 0.460 e. The first-order valence-electron chi connectivity index (χ1n) is 12.3. The zero-order valence-corrected chi connectivity index (χ0v) is 20.2. The molecule has 2 fully saturated rings. The lowest BCUT2D eigenvalue weighted by Crippen LogP contribution is -2.42. The molecule has 0 bridgehead atoms. The molecule has 1 atom stereocenters. The van der Waals surface area contributed by atoms with E-state index in [1.807, 2.05) is 24.9 Å². The zero-order chi connectivity index (χ0) is 25.1. The molecule has 5 rings (SSSR count). The summed E-state index contributed by atoms with van der Waals surface area (Å²) in [5.41, 5.74) is -0.492. The van der Waals surface area contributed by atoms with Crippen molar-refractivity contribution >= 4 is 11.9 Å². The van der Waals surface area contributed by atoms with Gasteiger partial charge in [-0.15, -0.1) is 0 Å². The summed E-state index contributed by atoms with van der Waals surface area (Å²) >= 11 is 0. The smallest absolute Gasteiger partial charge is 0.421 e. The topological polar surface area (TPSA) is 77.6 Å². The minimum Gasteiger partial charge on any atom is -0.460 e. The second kappa shape index (κ2) is 8.41. The Bertz CT molecular complexity index is 1150. The van der Waals surface area contributed by atoms with Crippen molar-refractivity contribution in [3.63, 3.8) is 0 Å². The average Bonchev–Trinajstić information content (AvgIpc) is 3.23. The molecule has 10 heteroatoms. The van der Waals surface area contributed by atoms with Gasteiger partial charge in [-0.25, -0.2) is 4.79 Å². The maximum atomic E-state index is 14.1. The number of ether oxygens (including phenoxy) is 1. The fourth-order valence-corrected chi connectivity index (χ4v) is 5.32. The van der Waals surface area contributed by atoms with Gasteiger partial charge in [-0.1, -0.05) is 13.8 Å². The Balaban J connectivity index is 1.39. The Morgan fingerprint density at radius 2 is 1.94 bits per heavy atom. The summed E-state index contributed by atoms with van der Waals surface area (Å²) in [6.07, 6.45) is 0.851. The van der Waals surface area contributed by atoms with Crippen LogP contribution in [0.3, 0.4) is 0 Å². The highest BCUT2D eigenvalue weighted by molar-refractivity contribution is 5.92. The van der Waals surface area contributed by atoms with E-state index in [1.54, 1.807) is 4.68 Å². The molecule has 1 saturated heterocycles. The zero-order valence-electron chi connectivity index (χ0n) is 20.2. The van der Waals surface area contributed by atoms with E-state index in [2.05, 4.69) is 5.10 Å². The van der Waals surface area contributed by atoms with Gasteiger partial charge in [0.15, 0.2) is 0 Å². The Hall–Kier alpha value is -2.78. The number of rotatable bonds is 5. The van der Waals surface area contributed by atoms with Crippen molar-refractivity contribution in [2.75, 3.05) is 19.7 Å². The normalized spacial score (nSPS) is 21.4. The summed E-state index contributed by atoms with van der Waals surface area (Å²) in [5, 5.41) is 4.56. The molecule has 190 valence electrons. The molecule has 3 aliphatic rings. The van der Waals surface area contributed by atoms with E-state index in [0.717, 1.165) is 25.7 Å². The summed E-state index contributed by atoms with van der Waals surface area (Å²) < 4.78 is 54.3. The summed E-state index contributed by atoms with van der Waals surface area (Å²) in [7, 11) is 0. The highest BCUT2D eigenvalue weighted by Gasteiger charge is 2.48. The number of aromatic nitrogens is 2. The van der Waals surface area contributed by atoms with Crippen LogP contribution in [0.5, 0.6) is 0 Å². The first-order chi connectivity index (χ1) is 16.5. The van der Waals surface area contributed by atoms with Crippen LogP contribution in [0.4, 0.5) is 13.2 Å². The predicted molar refractivity (Wildman–Crippen MR) is 120 cm³/mol. The van der Waals surface area contributed by atoms with Crippen molar-refractivity contribution in [2.45, 2.75) is 71.5 Å². The third-order valence-corrected chi connectivity index (χ3v) is 7.64. The second-order valence-electron chi connectivity index (χ2n) is 10.4. The average molecular weight is 494 g/mol. The lowest BCUT2D eigenvalue weighted by molar-refractivity contribution is -0.138. The van der Waals surface area contributed by atoms with Crippen molar-refractivity contribution < 1.29 is 31.9 Å². The van der Waals surface area contributed by atoms with Crippen molar-refractivity contribution in [3.05, 3.63) is 28.8 Å². The van der Waals surface area contributed by atoms with Crippen LogP contribution in [0.2, 0.25) is 0 Å². The molecule has 1 amide bonds. The highest BCUT2D eigenvalue weighted by atomic mass is 19.4. The first kappa shape index (κ1) is 23.9. The number of halogens is 3. The number of piperidine rings is 1. The fourth-order valence-electron chi connectivity index (χ4n) is 5.32. The van der Waals surface area contributed by atoms with Gasteiger partial charge in [0.25, 0.3) is 0 Å². The summed E-state index contributed by atoms with van der Waals surface area (Å²) in [6.45, 7) is 7.37. The monoisotopic (exact) mass is 493 g/mol. The third kappa shape index (κ3) is 4.25. The van der Waals surface area contributed by atoms with Gasteiger partial charge in [0.2, 0.25) is 11.7 Å². The summed E-state index contributed by atoms with van der Waals surface area (Å²) in [6, 6.07) is 0. The number of nitrogens with zero attached hydrogens (tertiary/aromatic N) is 3. The van der Waals surface area contributed by atoms with Crippen LogP contribution < -0.4 is 0 Å². The highest BCUT2D eigenvalue weighted by Crippen LogP contribution is 2.49. The van der Waals surface area contributed by atoms with Crippen molar-refractivity contribution in [2.24, 2.45) is 11.3 Å². The van der Waals surface area contributed by atoms with Crippen LogP contribution in [0.25, 0.3) is 11.3 Å². The molecule has 2 aromatic rings. The predicted octanol–water partition coefficient (Wildman–Crippen LogP) is 5.04. The standard InChI is InChI=1S/C25H30F3N3O4/c1-4-34-22(32)21-19(25(26,27)28)18-17(35-21)11-14(2)16-13-31(29-20(16)18)12-15-5-9-30(10-6-15)23(33)24(3)7-8-24/h13-15H,4-12H2,1-3H3. The number of amides is 1. The number of fused-ring (bicyclic) bond motifs is 3. The lowest BCUT2D eigenvalue weighted by atomic mass is 9.86. The third-order valence-electron chi connectivity index (χ3n) is 7.64. The van der Waals surface area contributed by atoms with Crippen molar-refractivity contribution in [1.82, 2.24) is 14.7 Å². The molecule has 0 spiro atoms.